The van der Waals surface area contributed by atoms with Crippen LogP contribution in [-0.2, 0) is 14.3 Å². The monoisotopic (exact) mass is 263 g/mol. The van der Waals surface area contributed by atoms with Crippen LogP contribution in [0.4, 0.5) is 5.69 Å². The van der Waals surface area contributed by atoms with E-state index in [2.05, 4.69) is 11.1 Å². The molecule has 0 bridgehead atoms. The van der Waals surface area contributed by atoms with Crippen LogP contribution in [0.25, 0.3) is 0 Å². The van der Waals surface area contributed by atoms with E-state index in [4.69, 9.17) is 14.7 Å². The molecule has 0 unspecified atom stereocenters. The maximum absolute atomic E-state index is 11.6. The molecule has 6 heteroatoms. The highest BCUT2D eigenvalue weighted by molar-refractivity contribution is 5.76. The van der Waals surface area contributed by atoms with Crippen molar-refractivity contribution in [3.05, 3.63) is 24.0 Å². The summed E-state index contributed by atoms with van der Waals surface area (Å²) in [6.07, 6.45) is 3.11. The topological polar surface area (TPSA) is 75.4 Å². The zero-order valence-electron chi connectivity index (χ0n) is 11.1. The molecule has 0 saturated carbocycles. The molecule has 1 heterocycles. The maximum atomic E-state index is 11.6. The lowest BCUT2D eigenvalue weighted by Gasteiger charge is -2.23. The molecule has 1 rings (SSSR count). The number of rotatable bonds is 7. The highest BCUT2D eigenvalue weighted by Crippen LogP contribution is 2.17. The molecule has 0 aromatic carbocycles. The average molecular weight is 263 g/mol. The van der Waals surface area contributed by atoms with E-state index in [1.807, 2.05) is 0 Å². The number of ether oxygens (including phenoxy) is 2. The highest BCUT2D eigenvalue weighted by atomic mass is 16.5. The van der Waals surface area contributed by atoms with Gasteiger partial charge in [-0.05, 0) is 13.0 Å². The normalized spacial score (nSPS) is 9.74. The Labute approximate surface area is 112 Å². The number of pyridine rings is 1. The van der Waals surface area contributed by atoms with Crippen molar-refractivity contribution in [2.24, 2.45) is 0 Å². The van der Waals surface area contributed by atoms with E-state index in [0.29, 0.717) is 31.0 Å². The molecule has 0 spiro atoms. The Kier molecular flexibility index (Phi) is 6.33. The minimum absolute atomic E-state index is 0.0670. The Hall–Kier alpha value is -2.13. The number of esters is 1. The minimum Gasteiger partial charge on any atom is -0.465 e. The first kappa shape index (κ1) is 14.9. The van der Waals surface area contributed by atoms with Crippen molar-refractivity contribution in [1.29, 1.82) is 5.26 Å². The summed E-state index contributed by atoms with van der Waals surface area (Å²) in [5.74, 6) is -0.341. The summed E-state index contributed by atoms with van der Waals surface area (Å²) in [6, 6.07) is 3.69. The van der Waals surface area contributed by atoms with Gasteiger partial charge in [0.25, 0.3) is 0 Å². The molecule has 0 fully saturated rings. The fourth-order valence-corrected chi connectivity index (χ4v) is 1.58. The molecule has 0 aliphatic carbocycles. The predicted molar refractivity (Wildman–Crippen MR) is 69.7 cm³/mol. The molecule has 0 aliphatic rings. The number of nitriles is 1. The molecular formula is C13H17N3O3. The second kappa shape index (κ2) is 8.06. The molecule has 0 aliphatic heterocycles. The van der Waals surface area contributed by atoms with Gasteiger partial charge in [-0.25, -0.2) is 0 Å². The SMILES string of the molecule is CCOC(=O)CN(CCOC)c1cnccc1C#N. The zero-order chi connectivity index (χ0) is 14.1. The minimum atomic E-state index is -0.341. The van der Waals surface area contributed by atoms with E-state index < -0.39 is 0 Å². The van der Waals surface area contributed by atoms with E-state index in [9.17, 15) is 4.79 Å². The zero-order valence-corrected chi connectivity index (χ0v) is 11.1. The van der Waals surface area contributed by atoms with E-state index in [1.54, 1.807) is 37.4 Å². The van der Waals surface area contributed by atoms with Crippen molar-refractivity contribution in [3.8, 4) is 6.07 Å². The Morgan fingerprint density at radius 2 is 2.37 bits per heavy atom. The van der Waals surface area contributed by atoms with Crippen LogP contribution in [0.15, 0.2) is 18.5 Å². The summed E-state index contributed by atoms with van der Waals surface area (Å²) in [7, 11) is 1.58. The van der Waals surface area contributed by atoms with Crippen molar-refractivity contribution in [3.63, 3.8) is 0 Å². The fraction of sp³-hybridized carbons (Fsp3) is 0.462. The van der Waals surface area contributed by atoms with Crippen LogP contribution in [-0.4, -0.2) is 44.4 Å². The number of hydrogen-bond donors (Lipinski definition) is 0. The van der Waals surface area contributed by atoms with Crippen molar-refractivity contribution < 1.29 is 14.3 Å². The van der Waals surface area contributed by atoms with Gasteiger partial charge in [-0.1, -0.05) is 0 Å². The average Bonchev–Trinajstić information content (AvgIpc) is 2.43. The maximum Gasteiger partial charge on any atom is 0.325 e. The fourth-order valence-electron chi connectivity index (χ4n) is 1.58. The van der Waals surface area contributed by atoms with Crippen molar-refractivity contribution >= 4 is 11.7 Å². The molecule has 0 atom stereocenters. The van der Waals surface area contributed by atoms with Gasteiger partial charge in [0.2, 0.25) is 0 Å². The smallest absolute Gasteiger partial charge is 0.325 e. The molecule has 19 heavy (non-hydrogen) atoms. The summed E-state index contributed by atoms with van der Waals surface area (Å²) < 4.78 is 9.93. The predicted octanol–water partition coefficient (Wildman–Crippen LogP) is 0.969. The standard InChI is InChI=1S/C13H17N3O3/c1-3-19-13(17)10-16(6-7-18-2)12-9-15-5-4-11(12)8-14/h4-5,9H,3,6-7,10H2,1-2H3. The highest BCUT2D eigenvalue weighted by Gasteiger charge is 2.15. The van der Waals surface area contributed by atoms with E-state index in [0.717, 1.165) is 0 Å². The molecule has 0 radical (unpaired) electrons. The first-order valence-corrected chi connectivity index (χ1v) is 5.96. The van der Waals surface area contributed by atoms with Gasteiger partial charge < -0.3 is 14.4 Å². The van der Waals surface area contributed by atoms with Crippen LogP contribution in [0.3, 0.4) is 0 Å². The number of methoxy groups -OCH3 is 1. The second-order valence-electron chi connectivity index (χ2n) is 3.72. The van der Waals surface area contributed by atoms with Gasteiger partial charge in [0.05, 0.1) is 30.7 Å². The third-order valence-corrected chi connectivity index (χ3v) is 2.45. The first-order valence-electron chi connectivity index (χ1n) is 5.96. The number of carbonyl (C=O) groups is 1. The molecular weight excluding hydrogens is 246 g/mol. The largest absolute Gasteiger partial charge is 0.465 e. The Morgan fingerprint density at radius 1 is 1.58 bits per heavy atom. The second-order valence-corrected chi connectivity index (χ2v) is 3.72. The molecule has 1 aromatic heterocycles. The number of carbonyl (C=O) groups excluding carboxylic acids is 1. The molecule has 1 aromatic rings. The first-order chi connectivity index (χ1) is 9.22. The van der Waals surface area contributed by atoms with Gasteiger partial charge in [0.15, 0.2) is 0 Å². The van der Waals surface area contributed by atoms with Crippen molar-refractivity contribution in [1.82, 2.24) is 4.98 Å². The molecule has 0 N–H and O–H groups in total. The van der Waals surface area contributed by atoms with Gasteiger partial charge in [0.1, 0.15) is 12.6 Å². The number of hydrogen-bond acceptors (Lipinski definition) is 6. The van der Waals surface area contributed by atoms with E-state index in [-0.39, 0.29) is 12.5 Å². The van der Waals surface area contributed by atoms with Crippen molar-refractivity contribution in [2.75, 3.05) is 38.3 Å². The third kappa shape index (κ3) is 4.56. The summed E-state index contributed by atoms with van der Waals surface area (Å²) in [6.45, 7) is 3.07. The van der Waals surface area contributed by atoms with E-state index in [1.165, 1.54) is 0 Å². The number of anilines is 1. The van der Waals surface area contributed by atoms with Crippen LogP contribution in [0.5, 0.6) is 0 Å². The number of aromatic nitrogens is 1. The van der Waals surface area contributed by atoms with Crippen LogP contribution >= 0.6 is 0 Å². The Morgan fingerprint density at radius 3 is 3.00 bits per heavy atom. The lowest BCUT2D eigenvalue weighted by Crippen LogP contribution is -2.34. The van der Waals surface area contributed by atoms with Gasteiger partial charge in [0, 0.05) is 19.9 Å². The summed E-state index contributed by atoms with van der Waals surface area (Å²) in [5.41, 5.74) is 1.07. The van der Waals surface area contributed by atoms with Crippen LogP contribution in [0.1, 0.15) is 12.5 Å². The van der Waals surface area contributed by atoms with Gasteiger partial charge in [-0.2, -0.15) is 5.26 Å². The lowest BCUT2D eigenvalue weighted by molar-refractivity contribution is -0.141. The molecule has 6 nitrogen and oxygen atoms in total. The van der Waals surface area contributed by atoms with E-state index >= 15 is 0 Å². The van der Waals surface area contributed by atoms with Crippen LogP contribution in [0, 0.1) is 11.3 Å². The molecule has 0 amide bonds. The van der Waals surface area contributed by atoms with Crippen LogP contribution < -0.4 is 4.90 Å². The Balaban J connectivity index is 2.89. The molecule has 102 valence electrons. The summed E-state index contributed by atoms with van der Waals surface area (Å²) in [4.78, 5) is 17.3. The third-order valence-electron chi connectivity index (χ3n) is 2.45. The lowest BCUT2D eigenvalue weighted by atomic mass is 10.2. The van der Waals surface area contributed by atoms with Crippen molar-refractivity contribution in [2.45, 2.75) is 6.92 Å². The van der Waals surface area contributed by atoms with Gasteiger partial charge in [-0.3, -0.25) is 9.78 Å². The summed E-state index contributed by atoms with van der Waals surface area (Å²) in [5, 5.41) is 9.08. The summed E-state index contributed by atoms with van der Waals surface area (Å²) >= 11 is 0. The van der Waals surface area contributed by atoms with Crippen LogP contribution in [0.2, 0.25) is 0 Å². The quantitative estimate of drug-likeness (QED) is 0.682. The van der Waals surface area contributed by atoms with Gasteiger partial charge in [-0.15, -0.1) is 0 Å². The molecule has 0 saturated heterocycles. The number of nitrogens with zero attached hydrogens (tertiary/aromatic N) is 3. The Bertz CT molecular complexity index is 457. The van der Waals surface area contributed by atoms with Gasteiger partial charge >= 0.3 is 5.97 Å².